The van der Waals surface area contributed by atoms with Crippen LogP contribution in [0.15, 0.2) is 24.3 Å². The first-order chi connectivity index (χ1) is 12.6. The van der Waals surface area contributed by atoms with E-state index in [4.69, 9.17) is 19.3 Å². The number of carbonyl (C=O) groups excluding carboxylic acids is 1. The minimum atomic E-state index is -1.57. The minimum Gasteiger partial charge on any atom is -0.491 e. The van der Waals surface area contributed by atoms with Gasteiger partial charge in [-0.1, -0.05) is 0 Å². The molecule has 0 amide bonds. The maximum absolute atomic E-state index is 11.9. The van der Waals surface area contributed by atoms with E-state index < -0.39 is 48.7 Å². The Labute approximate surface area is 156 Å². The summed E-state index contributed by atoms with van der Waals surface area (Å²) in [6.45, 7) is 2.36. The van der Waals surface area contributed by atoms with Crippen molar-refractivity contribution in [3.8, 4) is 5.75 Å². The zero-order chi connectivity index (χ0) is 20.2. The van der Waals surface area contributed by atoms with E-state index in [1.807, 2.05) is 0 Å². The summed E-state index contributed by atoms with van der Waals surface area (Å²) in [6.07, 6.45) is -6.54. The maximum Gasteiger partial charge on any atom is 0.193 e. The summed E-state index contributed by atoms with van der Waals surface area (Å²) in [6, 6.07) is 6.21. The van der Waals surface area contributed by atoms with Gasteiger partial charge in [0, 0.05) is 5.56 Å². The molecule has 9 heteroatoms. The van der Waals surface area contributed by atoms with Crippen LogP contribution < -0.4 is 4.74 Å². The van der Waals surface area contributed by atoms with E-state index in [1.165, 1.54) is 26.0 Å². The average molecular weight is 386 g/mol. The Balaban J connectivity index is 1.83. The Bertz CT molecular complexity index is 610. The monoisotopic (exact) mass is 386 g/mol. The summed E-state index contributed by atoms with van der Waals surface area (Å²) in [5.74, 6) is 0.0594. The Kier molecular flexibility index (Phi) is 7.29. The van der Waals surface area contributed by atoms with Crippen molar-refractivity contribution in [1.29, 1.82) is 0 Å². The fraction of sp³-hybridized carbons (Fsp3) is 0.611. The van der Waals surface area contributed by atoms with Gasteiger partial charge in [0.05, 0.1) is 13.2 Å². The molecule has 1 aliphatic rings. The summed E-state index contributed by atoms with van der Waals surface area (Å²) in [5, 5.41) is 48.3. The molecule has 152 valence electrons. The van der Waals surface area contributed by atoms with Crippen LogP contribution in [-0.2, 0) is 9.47 Å². The Morgan fingerprint density at radius 3 is 2.30 bits per heavy atom. The van der Waals surface area contributed by atoms with Gasteiger partial charge in [-0.3, -0.25) is 4.79 Å². The molecule has 2 rings (SSSR count). The molecule has 0 radical (unpaired) electrons. The zero-order valence-corrected chi connectivity index (χ0v) is 15.2. The van der Waals surface area contributed by atoms with Crippen molar-refractivity contribution in [2.75, 3.05) is 19.8 Å². The van der Waals surface area contributed by atoms with E-state index in [0.717, 1.165) is 0 Å². The molecule has 1 fully saturated rings. The highest BCUT2D eigenvalue weighted by molar-refractivity contribution is 6.01. The van der Waals surface area contributed by atoms with Crippen LogP contribution in [0, 0.1) is 0 Å². The number of rotatable bonds is 8. The van der Waals surface area contributed by atoms with Crippen LogP contribution in [0.4, 0.5) is 0 Å². The van der Waals surface area contributed by atoms with E-state index in [-0.39, 0.29) is 13.2 Å². The number of ketones is 1. The first kappa shape index (κ1) is 21.7. The third-order valence-corrected chi connectivity index (χ3v) is 4.17. The van der Waals surface area contributed by atoms with Crippen molar-refractivity contribution in [3.63, 3.8) is 0 Å². The highest BCUT2D eigenvalue weighted by Crippen LogP contribution is 2.22. The summed E-state index contributed by atoms with van der Waals surface area (Å²) in [4.78, 5) is 11.9. The third kappa shape index (κ3) is 5.45. The van der Waals surface area contributed by atoms with Crippen molar-refractivity contribution >= 4 is 5.78 Å². The second kappa shape index (κ2) is 9.07. The van der Waals surface area contributed by atoms with E-state index in [0.29, 0.717) is 11.3 Å². The second-order valence-electron chi connectivity index (χ2n) is 6.83. The van der Waals surface area contributed by atoms with Gasteiger partial charge >= 0.3 is 0 Å². The van der Waals surface area contributed by atoms with Gasteiger partial charge in [0.15, 0.2) is 12.1 Å². The Morgan fingerprint density at radius 1 is 1.11 bits per heavy atom. The highest BCUT2D eigenvalue weighted by atomic mass is 16.6. The highest BCUT2D eigenvalue weighted by Gasteiger charge is 2.44. The molecule has 0 aromatic heterocycles. The SMILES string of the molecule is CC(C)(O)C(=O)c1ccc(OCCO[C@@H]2[C@@H](O)[C@@H](O)O[C@H](CO)[C@H]2O)cc1. The normalized spacial score (nSPS) is 28.8. The second-order valence-corrected chi connectivity index (χ2v) is 6.83. The van der Waals surface area contributed by atoms with Crippen LogP contribution in [0.2, 0.25) is 0 Å². The largest absolute Gasteiger partial charge is 0.491 e. The molecule has 27 heavy (non-hydrogen) atoms. The van der Waals surface area contributed by atoms with Gasteiger partial charge in [-0.15, -0.1) is 0 Å². The molecule has 9 nitrogen and oxygen atoms in total. The van der Waals surface area contributed by atoms with Gasteiger partial charge in [-0.05, 0) is 38.1 Å². The molecule has 0 aliphatic carbocycles. The van der Waals surface area contributed by atoms with Crippen LogP contribution >= 0.6 is 0 Å². The number of hydrogen-bond acceptors (Lipinski definition) is 9. The van der Waals surface area contributed by atoms with Gasteiger partial charge in [0.1, 0.15) is 42.4 Å². The lowest BCUT2D eigenvalue weighted by molar-refractivity contribution is -0.294. The van der Waals surface area contributed by atoms with Gasteiger partial charge in [-0.25, -0.2) is 0 Å². The van der Waals surface area contributed by atoms with Crippen LogP contribution in [0.5, 0.6) is 5.75 Å². The van der Waals surface area contributed by atoms with Gasteiger partial charge in [-0.2, -0.15) is 0 Å². The zero-order valence-electron chi connectivity index (χ0n) is 15.2. The molecule has 1 heterocycles. The number of carbonyl (C=O) groups is 1. The number of ether oxygens (including phenoxy) is 3. The lowest BCUT2D eigenvalue weighted by Crippen LogP contribution is -2.59. The number of benzene rings is 1. The van der Waals surface area contributed by atoms with Crippen LogP contribution in [0.1, 0.15) is 24.2 Å². The Hall–Kier alpha value is -1.59. The third-order valence-electron chi connectivity index (χ3n) is 4.17. The van der Waals surface area contributed by atoms with Crippen molar-refractivity contribution in [2.45, 2.75) is 50.2 Å². The molecule has 0 spiro atoms. The van der Waals surface area contributed by atoms with E-state index in [1.54, 1.807) is 12.1 Å². The summed E-state index contributed by atoms with van der Waals surface area (Å²) >= 11 is 0. The molecule has 1 aromatic carbocycles. The lowest BCUT2D eigenvalue weighted by Gasteiger charge is -2.39. The van der Waals surface area contributed by atoms with Crippen molar-refractivity contribution < 1.29 is 44.5 Å². The number of Topliss-reactive ketones (excluding diaryl/α,β-unsaturated/α-hetero) is 1. The Morgan fingerprint density at radius 2 is 1.74 bits per heavy atom. The van der Waals surface area contributed by atoms with Crippen molar-refractivity contribution in [1.82, 2.24) is 0 Å². The van der Waals surface area contributed by atoms with E-state index in [9.17, 15) is 25.2 Å². The standard InChI is InChI=1S/C18H26O9/c1-18(2,24)16(22)10-3-5-11(6-4-10)25-7-8-26-15-13(20)12(9-19)27-17(23)14(15)21/h3-6,12-15,17,19-21,23-24H,7-9H2,1-2H3/t12-,13-,14-,15+,17+/m1/s1. The molecule has 1 aromatic rings. The molecule has 1 saturated heterocycles. The van der Waals surface area contributed by atoms with Gasteiger partial charge in [0.2, 0.25) is 0 Å². The average Bonchev–Trinajstić information content (AvgIpc) is 2.63. The minimum absolute atomic E-state index is 0.00594. The molecule has 0 saturated carbocycles. The van der Waals surface area contributed by atoms with Crippen molar-refractivity contribution in [2.24, 2.45) is 0 Å². The lowest BCUT2D eigenvalue weighted by atomic mass is 9.97. The number of aliphatic hydroxyl groups excluding tert-OH is 4. The molecule has 1 aliphatic heterocycles. The molecule has 5 atom stereocenters. The van der Waals surface area contributed by atoms with Crippen LogP contribution in [0.25, 0.3) is 0 Å². The molecular weight excluding hydrogens is 360 g/mol. The molecule has 0 unspecified atom stereocenters. The maximum atomic E-state index is 11.9. The summed E-state index contributed by atoms with van der Waals surface area (Å²) < 4.78 is 15.7. The first-order valence-corrected chi connectivity index (χ1v) is 8.57. The summed E-state index contributed by atoms with van der Waals surface area (Å²) in [7, 11) is 0. The fourth-order valence-electron chi connectivity index (χ4n) is 2.66. The first-order valence-electron chi connectivity index (χ1n) is 8.57. The van der Waals surface area contributed by atoms with E-state index >= 15 is 0 Å². The molecule has 0 bridgehead atoms. The van der Waals surface area contributed by atoms with Crippen LogP contribution in [0.3, 0.4) is 0 Å². The number of aliphatic hydroxyl groups is 5. The van der Waals surface area contributed by atoms with E-state index in [2.05, 4.69) is 0 Å². The smallest absolute Gasteiger partial charge is 0.193 e. The summed E-state index contributed by atoms with van der Waals surface area (Å²) in [5.41, 5.74) is -1.11. The predicted octanol–water partition coefficient (Wildman–Crippen LogP) is -1.16. The topological polar surface area (TPSA) is 146 Å². The number of hydrogen-bond donors (Lipinski definition) is 5. The molecule has 5 N–H and O–H groups in total. The van der Waals surface area contributed by atoms with Crippen LogP contribution in [-0.4, -0.2) is 87.4 Å². The molecular formula is C18H26O9. The van der Waals surface area contributed by atoms with Gasteiger partial charge < -0.3 is 39.7 Å². The fourth-order valence-corrected chi connectivity index (χ4v) is 2.66. The van der Waals surface area contributed by atoms with Crippen molar-refractivity contribution in [3.05, 3.63) is 29.8 Å². The quantitative estimate of drug-likeness (QED) is 0.276. The predicted molar refractivity (Wildman–Crippen MR) is 92.3 cm³/mol. The van der Waals surface area contributed by atoms with Gasteiger partial charge in [0.25, 0.3) is 0 Å².